The van der Waals surface area contributed by atoms with Crippen LogP contribution in [0.3, 0.4) is 0 Å². The van der Waals surface area contributed by atoms with Gasteiger partial charge in [-0.25, -0.2) is 8.42 Å². The molecule has 2 heterocycles. The van der Waals surface area contributed by atoms with Gasteiger partial charge in [-0.15, -0.1) is 11.8 Å². The van der Waals surface area contributed by atoms with Gasteiger partial charge in [-0.2, -0.15) is 4.31 Å². The SMILES string of the molecule is COc1cc(C)c(C)cc1S(=O)(=O)N1CCC2(CC1)OCCS2. The summed E-state index contributed by atoms with van der Waals surface area (Å²) in [6, 6.07) is 3.51. The minimum absolute atomic E-state index is 0.167. The van der Waals surface area contributed by atoms with E-state index in [1.807, 2.05) is 25.6 Å². The van der Waals surface area contributed by atoms with Crippen LogP contribution in [0.2, 0.25) is 0 Å². The van der Waals surface area contributed by atoms with Crippen LogP contribution >= 0.6 is 11.8 Å². The lowest BCUT2D eigenvalue weighted by molar-refractivity contribution is 0.0161. The Morgan fingerprint density at radius 3 is 2.43 bits per heavy atom. The molecule has 0 unspecified atom stereocenters. The maximum absolute atomic E-state index is 13.0. The molecule has 2 saturated heterocycles. The van der Waals surface area contributed by atoms with Crippen LogP contribution in [0.4, 0.5) is 0 Å². The lowest BCUT2D eigenvalue weighted by atomic mass is 10.1. The first-order valence-corrected chi connectivity index (χ1v) is 10.2. The molecule has 0 radical (unpaired) electrons. The molecule has 5 nitrogen and oxygen atoms in total. The van der Waals surface area contributed by atoms with Crippen molar-refractivity contribution in [1.29, 1.82) is 0 Å². The van der Waals surface area contributed by atoms with Gasteiger partial charge in [0.1, 0.15) is 15.6 Å². The summed E-state index contributed by atoms with van der Waals surface area (Å²) < 4.78 is 38.8. The van der Waals surface area contributed by atoms with Gasteiger partial charge in [0.15, 0.2) is 0 Å². The second-order valence-electron chi connectivity index (χ2n) is 6.10. The van der Waals surface area contributed by atoms with Crippen molar-refractivity contribution in [3.63, 3.8) is 0 Å². The molecule has 2 aliphatic rings. The van der Waals surface area contributed by atoms with Crippen molar-refractivity contribution in [1.82, 2.24) is 4.31 Å². The first-order valence-electron chi connectivity index (χ1n) is 7.81. The van der Waals surface area contributed by atoms with Crippen LogP contribution in [0, 0.1) is 13.8 Å². The Morgan fingerprint density at radius 1 is 1.22 bits per heavy atom. The van der Waals surface area contributed by atoms with Gasteiger partial charge in [-0.1, -0.05) is 0 Å². The molecular formula is C16H23NO4S2. The van der Waals surface area contributed by atoms with Crippen LogP contribution in [-0.2, 0) is 14.8 Å². The van der Waals surface area contributed by atoms with E-state index < -0.39 is 10.0 Å². The highest BCUT2D eigenvalue weighted by atomic mass is 32.2. The maximum Gasteiger partial charge on any atom is 0.246 e. The second-order valence-corrected chi connectivity index (χ2v) is 9.45. The highest BCUT2D eigenvalue weighted by molar-refractivity contribution is 8.00. The molecule has 0 N–H and O–H groups in total. The Labute approximate surface area is 142 Å². The topological polar surface area (TPSA) is 55.8 Å². The van der Waals surface area contributed by atoms with Crippen LogP contribution < -0.4 is 4.74 Å². The number of methoxy groups -OCH3 is 1. The molecule has 0 atom stereocenters. The number of benzene rings is 1. The number of hydrogen-bond acceptors (Lipinski definition) is 5. The average molecular weight is 357 g/mol. The smallest absolute Gasteiger partial charge is 0.246 e. The van der Waals surface area contributed by atoms with E-state index in [4.69, 9.17) is 9.47 Å². The number of rotatable bonds is 3. The van der Waals surface area contributed by atoms with Gasteiger partial charge in [0.2, 0.25) is 10.0 Å². The monoisotopic (exact) mass is 357 g/mol. The molecule has 2 aliphatic heterocycles. The number of ether oxygens (including phenoxy) is 2. The van der Waals surface area contributed by atoms with E-state index in [-0.39, 0.29) is 9.83 Å². The number of hydrogen-bond donors (Lipinski definition) is 0. The third kappa shape index (κ3) is 3.12. The quantitative estimate of drug-likeness (QED) is 0.832. The third-order valence-corrected chi connectivity index (χ3v) is 8.04. The minimum atomic E-state index is -3.55. The van der Waals surface area contributed by atoms with Crippen LogP contribution in [0.15, 0.2) is 17.0 Å². The molecule has 7 heteroatoms. The molecule has 0 saturated carbocycles. The van der Waals surface area contributed by atoms with Crippen molar-refractivity contribution >= 4 is 21.8 Å². The summed E-state index contributed by atoms with van der Waals surface area (Å²) in [6.07, 6.45) is 1.48. The average Bonchev–Trinajstić information content (AvgIpc) is 2.98. The summed E-state index contributed by atoms with van der Waals surface area (Å²) in [4.78, 5) is 0.0956. The van der Waals surface area contributed by atoms with E-state index in [1.165, 1.54) is 7.11 Å². The predicted molar refractivity (Wildman–Crippen MR) is 91.6 cm³/mol. The zero-order chi connectivity index (χ0) is 16.7. The zero-order valence-corrected chi connectivity index (χ0v) is 15.4. The molecule has 128 valence electrons. The van der Waals surface area contributed by atoms with Crippen LogP contribution in [0.5, 0.6) is 5.75 Å². The molecule has 1 spiro atoms. The van der Waals surface area contributed by atoms with Crippen molar-refractivity contribution in [3.8, 4) is 5.75 Å². The van der Waals surface area contributed by atoms with Gasteiger partial charge in [0.05, 0.1) is 13.7 Å². The molecule has 1 aromatic carbocycles. The van der Waals surface area contributed by atoms with E-state index >= 15 is 0 Å². The van der Waals surface area contributed by atoms with E-state index in [2.05, 4.69) is 0 Å². The summed E-state index contributed by atoms with van der Waals surface area (Å²) in [5.41, 5.74) is 1.97. The second kappa shape index (κ2) is 6.27. The van der Waals surface area contributed by atoms with Gasteiger partial charge in [0.25, 0.3) is 0 Å². The zero-order valence-electron chi connectivity index (χ0n) is 13.8. The summed E-state index contributed by atoms with van der Waals surface area (Å²) in [6.45, 7) is 5.62. The Morgan fingerprint density at radius 2 is 1.87 bits per heavy atom. The van der Waals surface area contributed by atoms with Crippen molar-refractivity contribution in [2.24, 2.45) is 0 Å². The summed E-state index contributed by atoms with van der Waals surface area (Å²) >= 11 is 1.82. The molecule has 3 rings (SSSR count). The Hall–Kier alpha value is -0.760. The number of thioether (sulfide) groups is 1. The molecule has 1 aromatic rings. The molecule has 2 fully saturated rings. The van der Waals surface area contributed by atoms with Crippen molar-refractivity contribution in [2.45, 2.75) is 36.5 Å². The van der Waals surface area contributed by atoms with Gasteiger partial charge in [0, 0.05) is 18.8 Å². The Kier molecular flexibility index (Phi) is 4.66. The summed E-state index contributed by atoms with van der Waals surface area (Å²) in [5, 5.41) is 0. The largest absolute Gasteiger partial charge is 0.495 e. The van der Waals surface area contributed by atoms with E-state index in [9.17, 15) is 8.42 Å². The minimum Gasteiger partial charge on any atom is -0.495 e. The van der Waals surface area contributed by atoms with Gasteiger partial charge in [-0.3, -0.25) is 0 Å². The van der Waals surface area contributed by atoms with Crippen LogP contribution in [-0.4, -0.2) is 50.2 Å². The molecular weight excluding hydrogens is 334 g/mol. The standard InChI is InChI=1S/C16H23NO4S2/c1-12-10-14(20-3)15(11-13(12)2)23(18,19)17-6-4-16(5-7-17)21-8-9-22-16/h10-11H,4-9H2,1-3H3. The van der Waals surface area contributed by atoms with Gasteiger partial charge < -0.3 is 9.47 Å². The highest BCUT2D eigenvalue weighted by Gasteiger charge is 2.42. The number of nitrogens with zero attached hydrogens (tertiary/aromatic N) is 1. The lowest BCUT2D eigenvalue weighted by Crippen LogP contribution is -2.45. The summed E-state index contributed by atoms with van der Waals surface area (Å²) in [7, 11) is -2.04. The van der Waals surface area contributed by atoms with Crippen LogP contribution in [0.1, 0.15) is 24.0 Å². The molecule has 0 aliphatic carbocycles. The first-order chi connectivity index (χ1) is 10.9. The van der Waals surface area contributed by atoms with E-state index in [0.29, 0.717) is 18.8 Å². The fraction of sp³-hybridized carbons (Fsp3) is 0.625. The van der Waals surface area contributed by atoms with Crippen molar-refractivity contribution < 1.29 is 17.9 Å². The first kappa shape index (κ1) is 17.1. The Bertz CT molecular complexity index is 686. The number of aryl methyl sites for hydroxylation is 2. The van der Waals surface area contributed by atoms with E-state index in [1.54, 1.807) is 16.4 Å². The fourth-order valence-electron chi connectivity index (χ4n) is 3.12. The molecule has 0 bridgehead atoms. The highest BCUT2D eigenvalue weighted by Crippen LogP contribution is 2.42. The molecule has 0 aromatic heterocycles. The Balaban J connectivity index is 1.86. The maximum atomic E-state index is 13.0. The lowest BCUT2D eigenvalue weighted by Gasteiger charge is -2.37. The predicted octanol–water partition coefficient (Wildman–Crippen LogP) is 2.56. The van der Waals surface area contributed by atoms with Gasteiger partial charge >= 0.3 is 0 Å². The van der Waals surface area contributed by atoms with E-state index in [0.717, 1.165) is 36.3 Å². The summed E-state index contributed by atoms with van der Waals surface area (Å²) in [5.74, 6) is 1.41. The van der Waals surface area contributed by atoms with Crippen molar-refractivity contribution in [3.05, 3.63) is 23.3 Å². The number of sulfonamides is 1. The normalized spacial score (nSPS) is 21.7. The van der Waals surface area contributed by atoms with Crippen molar-refractivity contribution in [2.75, 3.05) is 32.6 Å². The fourth-order valence-corrected chi connectivity index (χ4v) is 5.96. The van der Waals surface area contributed by atoms with Crippen LogP contribution in [0.25, 0.3) is 0 Å². The third-order valence-electron chi connectivity index (χ3n) is 4.70. The molecule has 23 heavy (non-hydrogen) atoms. The number of piperidine rings is 1. The molecule has 0 amide bonds. The van der Waals surface area contributed by atoms with Gasteiger partial charge in [-0.05, 0) is 49.9 Å².